The van der Waals surface area contributed by atoms with E-state index in [1.807, 2.05) is 42.1 Å². The number of hydrogen-bond acceptors (Lipinski definition) is 3. The van der Waals surface area contributed by atoms with Crippen molar-refractivity contribution in [2.75, 3.05) is 12.3 Å². The molecule has 1 aliphatic heterocycles. The Morgan fingerprint density at radius 3 is 2.94 bits per heavy atom. The molecule has 1 amide bonds. The average Bonchev–Trinajstić information content (AvgIpc) is 2.81. The molecule has 1 saturated heterocycles. The van der Waals surface area contributed by atoms with Gasteiger partial charge in [-0.05, 0) is 5.56 Å². The molecule has 1 fully saturated rings. The summed E-state index contributed by atoms with van der Waals surface area (Å²) in [6.45, 7) is 1.64. The number of thioether (sulfide) groups is 1. The number of amides is 1. The number of rotatable bonds is 4. The van der Waals surface area contributed by atoms with Gasteiger partial charge in [0, 0.05) is 18.8 Å². The van der Waals surface area contributed by atoms with Crippen LogP contribution in [0.2, 0.25) is 0 Å². The van der Waals surface area contributed by atoms with Crippen molar-refractivity contribution in [2.24, 2.45) is 0 Å². The lowest BCUT2D eigenvalue weighted by molar-refractivity contribution is -0.121. The number of nitrogens with one attached hydrogen (secondary N) is 2. The van der Waals surface area contributed by atoms with Gasteiger partial charge in [-0.25, -0.2) is 0 Å². The minimum atomic E-state index is 0.121. The maximum Gasteiger partial charge on any atom is 0.222 e. The first-order valence-electron chi connectivity index (χ1n) is 5.50. The van der Waals surface area contributed by atoms with E-state index in [1.54, 1.807) is 0 Å². The van der Waals surface area contributed by atoms with Gasteiger partial charge in [0.15, 0.2) is 0 Å². The third-order valence-corrected chi connectivity index (χ3v) is 3.67. The number of benzene rings is 1. The predicted octanol–water partition coefficient (Wildman–Crippen LogP) is 1.36. The Morgan fingerprint density at radius 2 is 2.25 bits per heavy atom. The van der Waals surface area contributed by atoms with Crippen LogP contribution in [0.25, 0.3) is 0 Å². The lowest BCUT2D eigenvalue weighted by Crippen LogP contribution is -2.30. The van der Waals surface area contributed by atoms with E-state index in [9.17, 15) is 4.79 Å². The van der Waals surface area contributed by atoms with E-state index < -0.39 is 0 Å². The fourth-order valence-corrected chi connectivity index (χ4v) is 2.67. The Bertz CT molecular complexity index is 336. The first-order valence-corrected chi connectivity index (χ1v) is 6.55. The highest BCUT2D eigenvalue weighted by Gasteiger charge is 2.17. The number of carbonyl (C=O) groups is 1. The summed E-state index contributed by atoms with van der Waals surface area (Å²) >= 11 is 1.82. The first-order chi connectivity index (χ1) is 7.84. The Morgan fingerprint density at radius 1 is 1.44 bits per heavy atom. The molecule has 1 aromatic rings. The van der Waals surface area contributed by atoms with Gasteiger partial charge in [-0.3, -0.25) is 4.79 Å². The van der Waals surface area contributed by atoms with Crippen LogP contribution in [0.4, 0.5) is 0 Å². The van der Waals surface area contributed by atoms with Crippen LogP contribution in [0.15, 0.2) is 30.3 Å². The summed E-state index contributed by atoms with van der Waals surface area (Å²) in [6.07, 6.45) is 0.567. The lowest BCUT2D eigenvalue weighted by Gasteiger charge is -2.09. The maximum absolute atomic E-state index is 11.6. The highest BCUT2D eigenvalue weighted by atomic mass is 32.2. The monoisotopic (exact) mass is 236 g/mol. The van der Waals surface area contributed by atoms with Crippen LogP contribution >= 0.6 is 11.8 Å². The molecule has 1 heterocycles. The molecule has 0 aliphatic carbocycles. The minimum Gasteiger partial charge on any atom is -0.352 e. The van der Waals surface area contributed by atoms with Crippen LogP contribution in [0.5, 0.6) is 0 Å². The summed E-state index contributed by atoms with van der Waals surface area (Å²) in [5.74, 6) is 1.23. The predicted molar refractivity (Wildman–Crippen MR) is 67.2 cm³/mol. The summed E-state index contributed by atoms with van der Waals surface area (Å²) in [4.78, 5) is 11.6. The second-order valence-electron chi connectivity index (χ2n) is 3.78. The van der Waals surface area contributed by atoms with Crippen LogP contribution in [0.1, 0.15) is 12.0 Å². The fraction of sp³-hybridized carbons (Fsp3) is 0.417. The first kappa shape index (κ1) is 11.5. The van der Waals surface area contributed by atoms with E-state index >= 15 is 0 Å². The van der Waals surface area contributed by atoms with Gasteiger partial charge in [0.05, 0.1) is 11.8 Å². The normalized spacial score (nSPS) is 19.6. The summed E-state index contributed by atoms with van der Waals surface area (Å²) in [7, 11) is 0. The molecule has 1 atom stereocenters. The van der Waals surface area contributed by atoms with Crippen molar-refractivity contribution in [3.63, 3.8) is 0 Å². The van der Waals surface area contributed by atoms with E-state index in [-0.39, 0.29) is 5.91 Å². The van der Waals surface area contributed by atoms with Crippen LogP contribution in [0.3, 0.4) is 0 Å². The molecule has 0 aromatic heterocycles. The molecule has 2 N–H and O–H groups in total. The van der Waals surface area contributed by atoms with E-state index in [0.717, 1.165) is 17.9 Å². The molecular formula is C12H16N2OS. The van der Waals surface area contributed by atoms with Gasteiger partial charge in [0.2, 0.25) is 5.91 Å². The van der Waals surface area contributed by atoms with E-state index in [1.165, 1.54) is 0 Å². The molecule has 2 rings (SSSR count). The van der Waals surface area contributed by atoms with E-state index in [2.05, 4.69) is 10.6 Å². The lowest BCUT2D eigenvalue weighted by atomic mass is 10.2. The second kappa shape index (κ2) is 5.92. The smallest absolute Gasteiger partial charge is 0.222 e. The maximum atomic E-state index is 11.6. The van der Waals surface area contributed by atoms with Gasteiger partial charge in [0.25, 0.3) is 0 Å². The Hall–Kier alpha value is -1.00. The third-order valence-electron chi connectivity index (χ3n) is 2.50. The van der Waals surface area contributed by atoms with Crippen molar-refractivity contribution in [2.45, 2.75) is 18.3 Å². The number of carbonyl (C=O) groups excluding carboxylic acids is 1. The van der Waals surface area contributed by atoms with Crippen LogP contribution in [0, 0.1) is 0 Å². The summed E-state index contributed by atoms with van der Waals surface area (Å²) < 4.78 is 0. The largest absolute Gasteiger partial charge is 0.352 e. The summed E-state index contributed by atoms with van der Waals surface area (Å²) in [5, 5.41) is 6.52. The van der Waals surface area contributed by atoms with Crippen molar-refractivity contribution < 1.29 is 4.79 Å². The van der Waals surface area contributed by atoms with Crippen LogP contribution < -0.4 is 10.6 Å². The topological polar surface area (TPSA) is 41.1 Å². The SMILES string of the molecule is O=C(CC1NCCS1)NCc1ccccc1. The number of hydrogen-bond donors (Lipinski definition) is 2. The molecule has 0 radical (unpaired) electrons. The van der Waals surface area contributed by atoms with Gasteiger partial charge in [-0.15, -0.1) is 11.8 Å². The van der Waals surface area contributed by atoms with Gasteiger partial charge in [-0.1, -0.05) is 30.3 Å². The molecule has 1 unspecified atom stereocenters. The Kier molecular flexibility index (Phi) is 4.25. The Balaban J connectivity index is 1.71. The highest BCUT2D eigenvalue weighted by Crippen LogP contribution is 2.16. The summed E-state index contributed by atoms with van der Waals surface area (Å²) in [6, 6.07) is 9.97. The zero-order valence-electron chi connectivity index (χ0n) is 9.11. The highest BCUT2D eigenvalue weighted by molar-refractivity contribution is 8.00. The van der Waals surface area contributed by atoms with Crippen molar-refractivity contribution >= 4 is 17.7 Å². The van der Waals surface area contributed by atoms with E-state index in [4.69, 9.17) is 0 Å². The van der Waals surface area contributed by atoms with Gasteiger partial charge in [-0.2, -0.15) is 0 Å². The van der Waals surface area contributed by atoms with Crippen molar-refractivity contribution in [1.29, 1.82) is 0 Å². The zero-order valence-corrected chi connectivity index (χ0v) is 9.93. The molecule has 1 aromatic carbocycles. The molecule has 0 saturated carbocycles. The molecule has 1 aliphatic rings. The van der Waals surface area contributed by atoms with Crippen molar-refractivity contribution in [3.8, 4) is 0 Å². The van der Waals surface area contributed by atoms with Gasteiger partial charge < -0.3 is 10.6 Å². The molecular weight excluding hydrogens is 220 g/mol. The second-order valence-corrected chi connectivity index (χ2v) is 5.09. The van der Waals surface area contributed by atoms with Crippen molar-refractivity contribution in [1.82, 2.24) is 10.6 Å². The zero-order chi connectivity index (χ0) is 11.2. The van der Waals surface area contributed by atoms with Crippen LogP contribution in [-0.4, -0.2) is 23.6 Å². The minimum absolute atomic E-state index is 0.121. The van der Waals surface area contributed by atoms with Crippen LogP contribution in [-0.2, 0) is 11.3 Å². The average molecular weight is 236 g/mol. The fourth-order valence-electron chi connectivity index (χ4n) is 1.65. The third kappa shape index (κ3) is 3.54. The van der Waals surface area contributed by atoms with Crippen molar-refractivity contribution in [3.05, 3.63) is 35.9 Å². The molecule has 0 bridgehead atoms. The quantitative estimate of drug-likeness (QED) is 0.829. The molecule has 4 heteroatoms. The molecule has 86 valence electrons. The molecule has 3 nitrogen and oxygen atoms in total. The van der Waals surface area contributed by atoms with E-state index in [0.29, 0.717) is 18.3 Å². The standard InChI is InChI=1S/C12H16N2OS/c15-11(8-12-13-6-7-16-12)14-9-10-4-2-1-3-5-10/h1-5,12-13H,6-9H2,(H,14,15). The molecule has 16 heavy (non-hydrogen) atoms. The van der Waals surface area contributed by atoms with Gasteiger partial charge >= 0.3 is 0 Å². The molecule has 0 spiro atoms. The summed E-state index contributed by atoms with van der Waals surface area (Å²) in [5.41, 5.74) is 1.14. The van der Waals surface area contributed by atoms with Gasteiger partial charge in [0.1, 0.15) is 0 Å². The Labute approximate surface area is 100.0 Å².